The van der Waals surface area contributed by atoms with Crippen molar-refractivity contribution in [1.82, 2.24) is 0 Å². The van der Waals surface area contributed by atoms with Crippen LogP contribution in [0.3, 0.4) is 0 Å². The maximum absolute atomic E-state index is 12.8. The summed E-state index contributed by atoms with van der Waals surface area (Å²) >= 11 is 0. The number of ketones is 1. The minimum Gasteiger partial charge on any atom is -0.441 e. The fourth-order valence-corrected chi connectivity index (χ4v) is 6.58. The number of fused-ring (bicyclic) bond motifs is 2. The van der Waals surface area contributed by atoms with Gasteiger partial charge in [-0.3, -0.25) is 14.6 Å². The molecule has 5 atom stereocenters. The number of Topliss-reactive ketones (excluding diaryl/α,β-unsaturated/α-hetero) is 1. The number of anilines is 2. The molecule has 194 valence electrons. The molecule has 2 aromatic carbocycles. The molecule has 4 aliphatic rings. The Morgan fingerprint density at radius 2 is 1.54 bits per heavy atom. The van der Waals surface area contributed by atoms with Crippen LogP contribution in [0, 0.1) is 5.92 Å². The SMILES string of the molecule is COCC1CN(c2ccc(C34CC(=O)C(CC3c3ccc(N5CC(OC)OC5=O)cc3)C4)cc2)C(=O)O1. The molecule has 9 heteroatoms. The Kier molecular flexibility index (Phi) is 5.92. The Morgan fingerprint density at radius 1 is 0.892 bits per heavy atom. The standard InChI is InChI=1S/C28H30N2O7/c1-34-16-22-14-29(26(32)36-22)21-9-5-19(6-10-21)28-12-18(24(31)13-28)11-23(28)17-3-7-20(8-4-17)30-15-25(35-2)37-27(30)33/h3-10,18,22-23,25H,11-16H2,1-2H3. The van der Waals surface area contributed by atoms with Gasteiger partial charge in [-0.1, -0.05) is 24.3 Å². The molecule has 37 heavy (non-hydrogen) atoms. The van der Waals surface area contributed by atoms with Gasteiger partial charge in [0.15, 0.2) is 0 Å². The van der Waals surface area contributed by atoms with Crippen LogP contribution in [-0.2, 0) is 29.2 Å². The van der Waals surface area contributed by atoms with Crippen molar-refractivity contribution in [2.24, 2.45) is 5.92 Å². The number of ether oxygens (including phenoxy) is 4. The van der Waals surface area contributed by atoms with E-state index in [0.717, 1.165) is 35.3 Å². The van der Waals surface area contributed by atoms with Gasteiger partial charge in [-0.05, 0) is 54.2 Å². The molecule has 2 bridgehead atoms. The molecule has 2 aliphatic carbocycles. The summed E-state index contributed by atoms with van der Waals surface area (Å²) < 4.78 is 20.9. The highest BCUT2D eigenvalue weighted by atomic mass is 16.7. The molecular formula is C28H30N2O7. The number of carbonyl (C=O) groups is 3. The number of methoxy groups -OCH3 is 2. The van der Waals surface area contributed by atoms with Gasteiger partial charge in [-0.2, -0.15) is 0 Å². The third-order valence-corrected chi connectivity index (χ3v) is 8.38. The fourth-order valence-electron chi connectivity index (χ4n) is 6.58. The predicted octanol–water partition coefficient (Wildman–Crippen LogP) is 3.99. The summed E-state index contributed by atoms with van der Waals surface area (Å²) in [4.78, 5) is 40.5. The number of hydrogen-bond acceptors (Lipinski definition) is 7. The number of nitrogens with zero attached hydrogens (tertiary/aromatic N) is 2. The highest BCUT2D eigenvalue weighted by Crippen LogP contribution is 2.61. The highest BCUT2D eigenvalue weighted by molar-refractivity contribution is 5.91. The largest absolute Gasteiger partial charge is 0.441 e. The van der Waals surface area contributed by atoms with E-state index in [1.165, 1.54) is 7.11 Å². The van der Waals surface area contributed by atoms with Crippen molar-refractivity contribution < 1.29 is 33.3 Å². The van der Waals surface area contributed by atoms with E-state index in [1.807, 2.05) is 24.3 Å². The van der Waals surface area contributed by atoms with Crippen molar-refractivity contribution in [2.45, 2.75) is 43.0 Å². The van der Waals surface area contributed by atoms with Gasteiger partial charge in [0.25, 0.3) is 0 Å². The lowest BCUT2D eigenvalue weighted by Gasteiger charge is -2.36. The molecule has 0 aromatic heterocycles. The van der Waals surface area contributed by atoms with Gasteiger partial charge >= 0.3 is 12.2 Å². The topological polar surface area (TPSA) is 94.6 Å². The minimum absolute atomic E-state index is 0.0590. The van der Waals surface area contributed by atoms with E-state index in [-0.39, 0.29) is 29.4 Å². The molecule has 0 radical (unpaired) electrons. The summed E-state index contributed by atoms with van der Waals surface area (Å²) in [6.07, 6.45) is 0.511. The Labute approximate surface area is 215 Å². The van der Waals surface area contributed by atoms with Crippen LogP contribution < -0.4 is 9.80 Å². The molecule has 2 amide bonds. The number of hydrogen-bond donors (Lipinski definition) is 0. The Morgan fingerprint density at radius 3 is 2.16 bits per heavy atom. The molecule has 4 fully saturated rings. The van der Waals surface area contributed by atoms with Crippen molar-refractivity contribution in [3.63, 3.8) is 0 Å². The monoisotopic (exact) mass is 506 g/mol. The quantitative estimate of drug-likeness (QED) is 0.560. The Bertz CT molecular complexity index is 1210. The second-order valence-electron chi connectivity index (χ2n) is 10.4. The zero-order valence-corrected chi connectivity index (χ0v) is 20.9. The van der Waals surface area contributed by atoms with Crippen LogP contribution in [0.4, 0.5) is 21.0 Å². The van der Waals surface area contributed by atoms with Crippen molar-refractivity contribution in [3.8, 4) is 0 Å². The van der Waals surface area contributed by atoms with Gasteiger partial charge in [-0.25, -0.2) is 9.59 Å². The summed E-state index contributed by atoms with van der Waals surface area (Å²) in [5.41, 5.74) is 3.53. The van der Waals surface area contributed by atoms with Crippen molar-refractivity contribution in [2.75, 3.05) is 43.7 Å². The highest BCUT2D eigenvalue weighted by Gasteiger charge is 2.57. The average molecular weight is 507 g/mol. The summed E-state index contributed by atoms with van der Waals surface area (Å²) in [5.74, 6) is 0.576. The van der Waals surface area contributed by atoms with Crippen LogP contribution in [0.2, 0.25) is 0 Å². The van der Waals surface area contributed by atoms with Gasteiger partial charge in [0.05, 0.1) is 19.7 Å². The van der Waals surface area contributed by atoms with Crippen LogP contribution in [0.1, 0.15) is 36.3 Å². The van der Waals surface area contributed by atoms with Crippen LogP contribution in [0.25, 0.3) is 0 Å². The van der Waals surface area contributed by atoms with E-state index in [0.29, 0.717) is 31.9 Å². The first kappa shape index (κ1) is 23.9. The number of amides is 2. The lowest BCUT2D eigenvalue weighted by atomic mass is 9.67. The molecule has 2 saturated carbocycles. The molecule has 5 unspecified atom stereocenters. The molecule has 2 saturated heterocycles. The maximum Gasteiger partial charge on any atom is 0.416 e. The van der Waals surface area contributed by atoms with E-state index >= 15 is 0 Å². The first-order valence-corrected chi connectivity index (χ1v) is 12.6. The summed E-state index contributed by atoms with van der Waals surface area (Å²) in [7, 11) is 3.10. The van der Waals surface area contributed by atoms with E-state index in [9.17, 15) is 14.4 Å². The van der Waals surface area contributed by atoms with Gasteiger partial charge < -0.3 is 18.9 Å². The number of cyclic esters (lactones) is 2. The van der Waals surface area contributed by atoms with Crippen LogP contribution in [0.5, 0.6) is 0 Å². The zero-order valence-electron chi connectivity index (χ0n) is 20.9. The minimum atomic E-state index is -0.566. The molecule has 0 N–H and O–H groups in total. The van der Waals surface area contributed by atoms with E-state index in [2.05, 4.69) is 24.3 Å². The maximum atomic E-state index is 12.8. The third-order valence-electron chi connectivity index (χ3n) is 8.38. The van der Waals surface area contributed by atoms with Crippen LogP contribution in [-0.4, -0.2) is 64.3 Å². The molecule has 2 aromatic rings. The second-order valence-corrected chi connectivity index (χ2v) is 10.4. The predicted molar refractivity (Wildman–Crippen MR) is 134 cm³/mol. The van der Waals surface area contributed by atoms with Crippen molar-refractivity contribution >= 4 is 29.3 Å². The molecule has 2 aliphatic heterocycles. The number of benzene rings is 2. The van der Waals surface area contributed by atoms with Gasteiger partial charge in [-0.15, -0.1) is 0 Å². The van der Waals surface area contributed by atoms with E-state index in [1.54, 1.807) is 16.9 Å². The summed E-state index contributed by atoms with van der Waals surface area (Å²) in [6.45, 7) is 1.16. The van der Waals surface area contributed by atoms with Crippen LogP contribution in [0.15, 0.2) is 48.5 Å². The number of carbonyl (C=O) groups excluding carboxylic acids is 3. The molecule has 2 heterocycles. The normalized spacial score (nSPS) is 30.8. The summed E-state index contributed by atoms with van der Waals surface area (Å²) in [5, 5.41) is 0. The van der Waals surface area contributed by atoms with Crippen LogP contribution >= 0.6 is 0 Å². The summed E-state index contributed by atoms with van der Waals surface area (Å²) in [6, 6.07) is 16.0. The first-order chi connectivity index (χ1) is 17.9. The fraction of sp³-hybridized carbons (Fsp3) is 0.464. The van der Waals surface area contributed by atoms with Gasteiger partial charge in [0.1, 0.15) is 11.9 Å². The van der Waals surface area contributed by atoms with E-state index < -0.39 is 12.4 Å². The number of rotatable bonds is 7. The lowest BCUT2D eigenvalue weighted by Crippen LogP contribution is -2.31. The second kappa shape index (κ2) is 9.15. The van der Waals surface area contributed by atoms with Crippen molar-refractivity contribution in [3.05, 3.63) is 59.7 Å². The smallest absolute Gasteiger partial charge is 0.416 e. The molecular weight excluding hydrogens is 476 g/mol. The zero-order chi connectivity index (χ0) is 25.7. The first-order valence-electron chi connectivity index (χ1n) is 12.6. The molecule has 0 spiro atoms. The van der Waals surface area contributed by atoms with Gasteiger partial charge in [0.2, 0.25) is 6.29 Å². The average Bonchev–Trinajstić information content (AvgIpc) is 3.66. The lowest BCUT2D eigenvalue weighted by molar-refractivity contribution is -0.122. The Hall–Kier alpha value is -3.43. The van der Waals surface area contributed by atoms with Crippen molar-refractivity contribution in [1.29, 1.82) is 0 Å². The van der Waals surface area contributed by atoms with E-state index in [4.69, 9.17) is 18.9 Å². The van der Waals surface area contributed by atoms with Gasteiger partial charge in [0, 0.05) is 43.3 Å². The third kappa shape index (κ3) is 3.97. The molecule has 9 nitrogen and oxygen atoms in total. The Balaban J connectivity index is 1.24. The molecule has 6 rings (SSSR count).